The molecule has 1 aromatic carbocycles. The van der Waals surface area contributed by atoms with Crippen molar-refractivity contribution in [2.45, 2.75) is 12.8 Å². The fourth-order valence-electron chi connectivity index (χ4n) is 1.71. The molecule has 0 heterocycles. The highest BCUT2D eigenvalue weighted by Gasteiger charge is 2.34. The Balaban J connectivity index is 3.05. The number of nitrogens with zero attached hydrogens (tertiary/aromatic N) is 2. The summed E-state index contributed by atoms with van der Waals surface area (Å²) in [6.45, 7) is 0.759. The smallest absolute Gasteiger partial charge is 0.392 e. The third kappa shape index (κ3) is 4.40. The normalized spacial score (nSPS) is 12.0. The number of rotatable bonds is 5. The minimum Gasteiger partial charge on any atom is -0.392 e. The van der Waals surface area contributed by atoms with Crippen LogP contribution in [0.25, 0.3) is 0 Å². The summed E-state index contributed by atoms with van der Waals surface area (Å²) in [6.07, 6.45) is -4.42. The number of aliphatic hydroxyl groups excluding tert-OH is 1. The molecule has 0 radical (unpaired) electrons. The molecular weight excluding hydrogens is 257 g/mol. The summed E-state index contributed by atoms with van der Waals surface area (Å²) in [4.78, 5) is 3.48. The molecule has 0 unspecified atom stereocenters. The molecule has 1 aromatic rings. The van der Waals surface area contributed by atoms with Crippen LogP contribution >= 0.6 is 0 Å². The average molecular weight is 276 g/mol. The van der Waals surface area contributed by atoms with Gasteiger partial charge in [0.1, 0.15) is 0 Å². The predicted octanol–water partition coefficient (Wildman–Crippen LogP) is 2.20. The zero-order valence-electron chi connectivity index (χ0n) is 11.3. The Labute approximate surface area is 111 Å². The van der Waals surface area contributed by atoms with Crippen molar-refractivity contribution in [2.24, 2.45) is 0 Å². The van der Waals surface area contributed by atoms with E-state index in [1.165, 1.54) is 12.1 Å². The van der Waals surface area contributed by atoms with Crippen LogP contribution in [0.2, 0.25) is 0 Å². The highest BCUT2D eigenvalue weighted by atomic mass is 19.4. The van der Waals surface area contributed by atoms with Gasteiger partial charge in [0.25, 0.3) is 0 Å². The second kappa shape index (κ2) is 6.25. The lowest BCUT2D eigenvalue weighted by molar-refractivity contribution is -0.137. The molecule has 108 valence electrons. The van der Waals surface area contributed by atoms with Gasteiger partial charge in [-0.25, -0.2) is 0 Å². The third-order valence-electron chi connectivity index (χ3n) is 2.84. The van der Waals surface area contributed by atoms with Crippen LogP contribution in [-0.2, 0) is 12.8 Å². The van der Waals surface area contributed by atoms with Crippen LogP contribution in [0.1, 0.15) is 11.1 Å². The fraction of sp³-hybridized carbons (Fsp3) is 0.538. The molecule has 0 aliphatic rings. The first-order valence-electron chi connectivity index (χ1n) is 5.92. The second-order valence-corrected chi connectivity index (χ2v) is 4.73. The summed E-state index contributed by atoms with van der Waals surface area (Å²) in [6, 6.07) is 3.92. The summed E-state index contributed by atoms with van der Waals surface area (Å²) in [5.74, 6) is 0. The van der Waals surface area contributed by atoms with Crippen LogP contribution in [-0.4, -0.2) is 44.2 Å². The molecule has 0 fully saturated rings. The van der Waals surface area contributed by atoms with Gasteiger partial charge in [0.05, 0.1) is 12.2 Å². The van der Waals surface area contributed by atoms with Gasteiger partial charge in [-0.1, -0.05) is 6.07 Å². The summed E-state index contributed by atoms with van der Waals surface area (Å²) < 4.78 is 39.0. The molecule has 1 N–H and O–H groups in total. The highest BCUT2D eigenvalue weighted by molar-refractivity contribution is 5.56. The van der Waals surface area contributed by atoms with Crippen molar-refractivity contribution < 1.29 is 18.3 Å². The fourth-order valence-corrected chi connectivity index (χ4v) is 1.71. The van der Waals surface area contributed by atoms with Crippen molar-refractivity contribution in [1.82, 2.24) is 4.90 Å². The maximum Gasteiger partial charge on any atom is 0.418 e. The summed E-state index contributed by atoms with van der Waals surface area (Å²) in [5.41, 5.74) is -0.316. The van der Waals surface area contributed by atoms with Gasteiger partial charge in [0, 0.05) is 25.8 Å². The summed E-state index contributed by atoms with van der Waals surface area (Å²) in [5, 5.41) is 8.95. The maximum absolute atomic E-state index is 13.0. The molecule has 6 heteroatoms. The SMILES string of the molecule is CN(C)CCN(C)c1ccc(CO)cc1C(F)(F)F. The van der Waals surface area contributed by atoms with E-state index in [2.05, 4.69) is 0 Å². The topological polar surface area (TPSA) is 26.7 Å². The van der Waals surface area contributed by atoms with Gasteiger partial charge in [-0.3, -0.25) is 0 Å². The van der Waals surface area contributed by atoms with Gasteiger partial charge < -0.3 is 14.9 Å². The number of aliphatic hydroxyl groups is 1. The van der Waals surface area contributed by atoms with E-state index in [4.69, 9.17) is 5.11 Å². The third-order valence-corrected chi connectivity index (χ3v) is 2.84. The molecule has 0 bridgehead atoms. The van der Waals surface area contributed by atoms with Gasteiger partial charge in [-0.05, 0) is 31.8 Å². The van der Waals surface area contributed by atoms with Crippen molar-refractivity contribution in [3.8, 4) is 0 Å². The van der Waals surface area contributed by atoms with E-state index in [0.29, 0.717) is 13.1 Å². The Morgan fingerprint density at radius 1 is 1.11 bits per heavy atom. The number of alkyl halides is 3. The van der Waals surface area contributed by atoms with Gasteiger partial charge in [0.2, 0.25) is 0 Å². The quantitative estimate of drug-likeness (QED) is 0.893. The number of anilines is 1. The average Bonchev–Trinajstić information content (AvgIpc) is 2.34. The largest absolute Gasteiger partial charge is 0.418 e. The molecular formula is C13H19F3N2O. The minimum atomic E-state index is -4.42. The number of halogens is 3. The zero-order chi connectivity index (χ0) is 14.6. The van der Waals surface area contributed by atoms with Gasteiger partial charge in [-0.2, -0.15) is 13.2 Å². The van der Waals surface area contributed by atoms with E-state index in [1.807, 2.05) is 19.0 Å². The number of benzene rings is 1. The lowest BCUT2D eigenvalue weighted by Gasteiger charge is -2.25. The van der Waals surface area contributed by atoms with E-state index in [1.54, 1.807) is 11.9 Å². The van der Waals surface area contributed by atoms with E-state index < -0.39 is 18.3 Å². The minimum absolute atomic E-state index is 0.131. The van der Waals surface area contributed by atoms with E-state index in [0.717, 1.165) is 6.07 Å². The molecule has 0 saturated heterocycles. The summed E-state index contributed by atoms with van der Waals surface area (Å²) >= 11 is 0. The predicted molar refractivity (Wildman–Crippen MR) is 69.2 cm³/mol. The molecule has 0 aliphatic carbocycles. The molecule has 0 amide bonds. The number of likely N-dealkylation sites (N-methyl/N-ethyl adjacent to an activating group) is 2. The standard InChI is InChI=1S/C13H19F3N2O/c1-17(2)6-7-18(3)12-5-4-10(9-19)8-11(12)13(14,15)16/h4-5,8,19H,6-7,9H2,1-3H3. The van der Waals surface area contributed by atoms with E-state index in [-0.39, 0.29) is 11.3 Å². The van der Waals surface area contributed by atoms with Gasteiger partial charge >= 0.3 is 6.18 Å². The first-order valence-corrected chi connectivity index (χ1v) is 5.92. The van der Waals surface area contributed by atoms with Crippen LogP contribution in [0.15, 0.2) is 18.2 Å². The molecule has 0 saturated carbocycles. The van der Waals surface area contributed by atoms with Gasteiger partial charge in [-0.15, -0.1) is 0 Å². The van der Waals surface area contributed by atoms with Crippen LogP contribution in [0, 0.1) is 0 Å². The Morgan fingerprint density at radius 3 is 2.21 bits per heavy atom. The second-order valence-electron chi connectivity index (χ2n) is 4.73. The zero-order valence-corrected chi connectivity index (χ0v) is 11.3. The molecule has 0 spiro atoms. The lowest BCUT2D eigenvalue weighted by Crippen LogP contribution is -2.30. The number of hydrogen-bond acceptors (Lipinski definition) is 3. The molecule has 0 atom stereocenters. The highest BCUT2D eigenvalue weighted by Crippen LogP contribution is 2.36. The summed E-state index contributed by atoms with van der Waals surface area (Å²) in [7, 11) is 5.37. The van der Waals surface area contributed by atoms with Crippen LogP contribution in [0.4, 0.5) is 18.9 Å². The maximum atomic E-state index is 13.0. The van der Waals surface area contributed by atoms with Crippen molar-refractivity contribution in [2.75, 3.05) is 39.1 Å². The Hall–Kier alpha value is -1.27. The van der Waals surface area contributed by atoms with E-state index in [9.17, 15) is 13.2 Å². The van der Waals surface area contributed by atoms with Crippen molar-refractivity contribution >= 4 is 5.69 Å². The van der Waals surface area contributed by atoms with Crippen LogP contribution in [0.5, 0.6) is 0 Å². The van der Waals surface area contributed by atoms with Crippen molar-refractivity contribution in [3.05, 3.63) is 29.3 Å². The van der Waals surface area contributed by atoms with E-state index >= 15 is 0 Å². The van der Waals surface area contributed by atoms with Crippen LogP contribution in [0.3, 0.4) is 0 Å². The molecule has 3 nitrogen and oxygen atoms in total. The molecule has 0 aromatic heterocycles. The van der Waals surface area contributed by atoms with Crippen molar-refractivity contribution in [3.63, 3.8) is 0 Å². The number of hydrogen-bond donors (Lipinski definition) is 1. The Bertz CT molecular complexity index is 419. The van der Waals surface area contributed by atoms with Gasteiger partial charge in [0.15, 0.2) is 0 Å². The molecule has 19 heavy (non-hydrogen) atoms. The first-order chi connectivity index (χ1) is 8.75. The Morgan fingerprint density at radius 2 is 1.74 bits per heavy atom. The molecule has 0 aliphatic heterocycles. The molecule has 1 rings (SSSR count). The Kier molecular flexibility index (Phi) is 5.20. The first kappa shape index (κ1) is 15.8. The monoisotopic (exact) mass is 276 g/mol. The lowest BCUT2D eigenvalue weighted by atomic mass is 10.1. The van der Waals surface area contributed by atoms with Crippen molar-refractivity contribution in [1.29, 1.82) is 0 Å². The van der Waals surface area contributed by atoms with Crippen LogP contribution < -0.4 is 4.90 Å².